The third-order valence-electron chi connectivity index (χ3n) is 8.06. The van der Waals surface area contributed by atoms with Crippen molar-refractivity contribution in [2.24, 2.45) is 0 Å². The minimum Gasteiger partial charge on any atom is -0.493 e. The number of Topliss-reactive ketones (excluding diaryl/α,β-unsaturated/α-hetero) is 1. The number of fused-ring (bicyclic) bond motifs is 1. The third kappa shape index (κ3) is 5.41. The SMILES string of the molecule is CCC(=O)N1c2ccccc2NC2=C(C(=O)C[C@@H](c3ccc(OC)c(OC)c3)C2)[C@H]1c1ccccc1O[C@@H](C)CC. The molecule has 5 rings (SSSR count). The molecule has 0 radical (unpaired) electrons. The van der Waals surface area contributed by atoms with Gasteiger partial charge in [-0.1, -0.05) is 50.2 Å². The number of carbonyl (C=O) groups excluding carboxylic acids is 2. The van der Waals surface area contributed by atoms with E-state index in [-0.39, 0.29) is 23.7 Å². The number of para-hydroxylation sites is 3. The molecule has 7 nitrogen and oxygen atoms in total. The van der Waals surface area contributed by atoms with E-state index in [0.717, 1.165) is 34.6 Å². The Morgan fingerprint density at radius 3 is 2.41 bits per heavy atom. The summed E-state index contributed by atoms with van der Waals surface area (Å²) < 4.78 is 17.4. The summed E-state index contributed by atoms with van der Waals surface area (Å²) in [5.74, 6) is 1.83. The first kappa shape index (κ1) is 28.3. The zero-order chi connectivity index (χ0) is 29.1. The van der Waals surface area contributed by atoms with Crippen molar-refractivity contribution in [3.05, 3.63) is 89.1 Å². The van der Waals surface area contributed by atoms with Gasteiger partial charge < -0.3 is 19.5 Å². The monoisotopic (exact) mass is 554 g/mol. The van der Waals surface area contributed by atoms with Crippen molar-refractivity contribution >= 4 is 23.1 Å². The van der Waals surface area contributed by atoms with E-state index in [1.807, 2.05) is 80.6 Å². The number of nitrogens with one attached hydrogen (secondary N) is 1. The van der Waals surface area contributed by atoms with Crippen LogP contribution in [0.15, 0.2) is 78.0 Å². The maximum absolute atomic E-state index is 14.3. The van der Waals surface area contributed by atoms with Crippen LogP contribution in [0.3, 0.4) is 0 Å². The number of rotatable bonds is 8. The first-order chi connectivity index (χ1) is 19.9. The zero-order valence-corrected chi connectivity index (χ0v) is 24.4. The fourth-order valence-electron chi connectivity index (χ4n) is 5.79. The van der Waals surface area contributed by atoms with Crippen LogP contribution >= 0.6 is 0 Å². The van der Waals surface area contributed by atoms with Gasteiger partial charge in [0, 0.05) is 29.7 Å². The molecular weight excluding hydrogens is 516 g/mol. The molecule has 3 atom stereocenters. The number of hydrogen-bond donors (Lipinski definition) is 1. The van der Waals surface area contributed by atoms with Gasteiger partial charge in [0.1, 0.15) is 5.75 Å². The highest BCUT2D eigenvalue weighted by molar-refractivity contribution is 6.06. The normalized spacial score (nSPS) is 19.0. The number of benzene rings is 3. The van der Waals surface area contributed by atoms with Gasteiger partial charge in [-0.15, -0.1) is 0 Å². The van der Waals surface area contributed by atoms with E-state index in [1.165, 1.54) is 0 Å². The van der Waals surface area contributed by atoms with Crippen molar-refractivity contribution in [3.8, 4) is 17.2 Å². The molecule has 1 aliphatic heterocycles. The molecule has 7 heteroatoms. The molecule has 1 heterocycles. The standard InChI is InChI=1S/C34H38N2O5/c1-6-21(3)41-29-15-11-8-12-24(29)34-33-26(35-25-13-9-10-14-27(25)36(34)32(38)7-2)18-23(19-28(33)37)22-16-17-30(39-4)31(20-22)40-5/h8-17,20-21,23,34-35H,6-7,18-19H2,1-5H3/t21-,23-,34+/m0/s1. The first-order valence-corrected chi connectivity index (χ1v) is 14.3. The molecule has 0 bridgehead atoms. The quantitative estimate of drug-likeness (QED) is 0.318. The zero-order valence-electron chi connectivity index (χ0n) is 24.4. The molecule has 2 aliphatic rings. The average Bonchev–Trinajstić information content (AvgIpc) is 3.15. The van der Waals surface area contributed by atoms with Crippen molar-refractivity contribution in [2.45, 2.75) is 64.5 Å². The predicted octanol–water partition coefficient (Wildman–Crippen LogP) is 7.19. The summed E-state index contributed by atoms with van der Waals surface area (Å²) in [6.45, 7) is 5.96. The Bertz CT molecular complexity index is 1480. The largest absolute Gasteiger partial charge is 0.493 e. The van der Waals surface area contributed by atoms with Crippen LogP contribution in [0.5, 0.6) is 17.2 Å². The van der Waals surface area contributed by atoms with Crippen LogP contribution in [-0.4, -0.2) is 32.0 Å². The van der Waals surface area contributed by atoms with Crippen molar-refractivity contribution < 1.29 is 23.8 Å². The van der Waals surface area contributed by atoms with Crippen molar-refractivity contribution in [2.75, 3.05) is 24.4 Å². The smallest absolute Gasteiger partial charge is 0.227 e. The van der Waals surface area contributed by atoms with Gasteiger partial charge in [-0.3, -0.25) is 14.5 Å². The van der Waals surface area contributed by atoms with Crippen LogP contribution in [-0.2, 0) is 9.59 Å². The molecule has 0 aromatic heterocycles. The summed E-state index contributed by atoms with van der Waals surface area (Å²) >= 11 is 0. The predicted molar refractivity (Wildman–Crippen MR) is 161 cm³/mol. The molecule has 41 heavy (non-hydrogen) atoms. The van der Waals surface area contributed by atoms with E-state index in [9.17, 15) is 9.59 Å². The van der Waals surface area contributed by atoms with E-state index >= 15 is 0 Å². The van der Waals surface area contributed by atoms with Crippen molar-refractivity contribution in [1.82, 2.24) is 0 Å². The summed E-state index contributed by atoms with van der Waals surface area (Å²) in [5, 5.41) is 3.59. The lowest BCUT2D eigenvalue weighted by atomic mass is 9.78. The second-order valence-corrected chi connectivity index (χ2v) is 10.6. The number of carbonyl (C=O) groups is 2. The second-order valence-electron chi connectivity index (χ2n) is 10.6. The highest BCUT2D eigenvalue weighted by atomic mass is 16.5. The summed E-state index contributed by atoms with van der Waals surface area (Å²) in [7, 11) is 3.22. The molecule has 0 saturated carbocycles. The summed E-state index contributed by atoms with van der Waals surface area (Å²) in [6, 6.07) is 20.7. The van der Waals surface area contributed by atoms with Crippen molar-refractivity contribution in [1.29, 1.82) is 0 Å². The van der Waals surface area contributed by atoms with Crippen LogP contribution in [0.25, 0.3) is 0 Å². The Morgan fingerprint density at radius 1 is 0.951 bits per heavy atom. The van der Waals surface area contributed by atoms with Gasteiger partial charge in [0.25, 0.3) is 0 Å². The fourth-order valence-corrected chi connectivity index (χ4v) is 5.79. The molecule has 1 aliphatic carbocycles. The molecular formula is C34H38N2O5. The lowest BCUT2D eigenvalue weighted by Gasteiger charge is -2.36. The van der Waals surface area contributed by atoms with Gasteiger partial charge in [-0.2, -0.15) is 0 Å². The lowest BCUT2D eigenvalue weighted by Crippen LogP contribution is -2.38. The van der Waals surface area contributed by atoms with Crippen LogP contribution in [0.2, 0.25) is 0 Å². The van der Waals surface area contributed by atoms with Gasteiger partial charge in [-0.25, -0.2) is 0 Å². The molecule has 214 valence electrons. The molecule has 3 aromatic carbocycles. The molecule has 0 spiro atoms. The second kappa shape index (κ2) is 12.1. The topological polar surface area (TPSA) is 77.1 Å². The molecule has 1 N–H and O–H groups in total. The van der Waals surface area contributed by atoms with E-state index in [4.69, 9.17) is 14.2 Å². The number of nitrogens with zero attached hydrogens (tertiary/aromatic N) is 1. The number of hydrogen-bond acceptors (Lipinski definition) is 6. The molecule has 3 aromatic rings. The van der Waals surface area contributed by atoms with Gasteiger partial charge in [0.05, 0.1) is 37.7 Å². The number of methoxy groups -OCH3 is 2. The van der Waals surface area contributed by atoms with Crippen molar-refractivity contribution in [3.63, 3.8) is 0 Å². The number of amides is 1. The van der Waals surface area contributed by atoms with Gasteiger partial charge in [-0.05, 0) is 61.6 Å². The Hall–Kier alpha value is -4.26. The van der Waals surface area contributed by atoms with Gasteiger partial charge >= 0.3 is 0 Å². The molecule has 1 amide bonds. The van der Waals surface area contributed by atoms with Gasteiger partial charge in [0.15, 0.2) is 17.3 Å². The molecule has 0 fully saturated rings. The minimum absolute atomic E-state index is 0.00332. The first-order valence-electron chi connectivity index (χ1n) is 14.3. The maximum atomic E-state index is 14.3. The summed E-state index contributed by atoms with van der Waals surface area (Å²) in [5.41, 5.74) is 4.78. The number of allylic oxidation sites excluding steroid dienone is 1. The minimum atomic E-state index is -0.632. The molecule has 0 unspecified atom stereocenters. The Labute approximate surface area is 242 Å². The molecule has 0 saturated heterocycles. The Kier molecular flexibility index (Phi) is 8.34. The van der Waals surface area contributed by atoms with E-state index < -0.39 is 6.04 Å². The van der Waals surface area contributed by atoms with E-state index in [1.54, 1.807) is 19.1 Å². The van der Waals surface area contributed by atoms with Crippen LogP contribution in [0, 0.1) is 0 Å². The fraction of sp³-hybridized carbons (Fsp3) is 0.353. The maximum Gasteiger partial charge on any atom is 0.227 e. The highest BCUT2D eigenvalue weighted by Gasteiger charge is 2.42. The van der Waals surface area contributed by atoms with Gasteiger partial charge in [0.2, 0.25) is 5.91 Å². The van der Waals surface area contributed by atoms with Crippen LogP contribution in [0.4, 0.5) is 11.4 Å². The lowest BCUT2D eigenvalue weighted by molar-refractivity contribution is -0.119. The van der Waals surface area contributed by atoms with E-state index in [2.05, 4.69) is 12.2 Å². The number of ether oxygens (including phenoxy) is 3. The van der Waals surface area contributed by atoms with Crippen LogP contribution < -0.4 is 24.4 Å². The van der Waals surface area contributed by atoms with Crippen LogP contribution in [0.1, 0.15) is 69.5 Å². The van der Waals surface area contributed by atoms with E-state index in [0.29, 0.717) is 42.1 Å². The third-order valence-corrected chi connectivity index (χ3v) is 8.06. The highest BCUT2D eigenvalue weighted by Crippen LogP contribution is 2.49. The Balaban J connectivity index is 1.69. The average molecular weight is 555 g/mol. The number of anilines is 2. The Morgan fingerprint density at radius 2 is 1.68 bits per heavy atom. The summed E-state index contributed by atoms with van der Waals surface area (Å²) in [6.07, 6.45) is 2.02. The number of ketones is 1. The summed E-state index contributed by atoms with van der Waals surface area (Å²) in [4.78, 5) is 29.8.